The summed E-state index contributed by atoms with van der Waals surface area (Å²) in [5.74, 6) is -0.373. The zero-order valence-electron chi connectivity index (χ0n) is 10.5. The van der Waals surface area contributed by atoms with E-state index < -0.39 is 0 Å². The van der Waals surface area contributed by atoms with Crippen molar-refractivity contribution in [1.29, 1.82) is 0 Å². The first-order chi connectivity index (χ1) is 8.52. The Morgan fingerprint density at radius 1 is 1.56 bits per heavy atom. The second-order valence-corrected chi connectivity index (χ2v) is 4.84. The lowest BCUT2D eigenvalue weighted by atomic mass is 10.2. The molecular formula is C11H18N4O2S. The van der Waals surface area contributed by atoms with Crippen LogP contribution in [0.4, 0.5) is 5.13 Å². The van der Waals surface area contributed by atoms with E-state index in [9.17, 15) is 9.59 Å². The van der Waals surface area contributed by atoms with Crippen molar-refractivity contribution < 1.29 is 9.59 Å². The van der Waals surface area contributed by atoms with Gasteiger partial charge in [-0.2, -0.15) is 0 Å². The van der Waals surface area contributed by atoms with Gasteiger partial charge in [-0.1, -0.05) is 6.92 Å². The Kier molecular flexibility index (Phi) is 5.57. The number of thiazole rings is 1. The average molecular weight is 270 g/mol. The maximum atomic E-state index is 11.6. The molecule has 0 aliphatic rings. The van der Waals surface area contributed by atoms with Crippen LogP contribution < -0.4 is 16.4 Å². The maximum absolute atomic E-state index is 11.6. The van der Waals surface area contributed by atoms with Gasteiger partial charge in [0.25, 0.3) is 5.91 Å². The second-order valence-electron chi connectivity index (χ2n) is 3.95. The van der Waals surface area contributed by atoms with E-state index in [0.29, 0.717) is 17.4 Å². The highest BCUT2D eigenvalue weighted by Gasteiger charge is 2.10. The lowest BCUT2D eigenvalue weighted by Crippen LogP contribution is -2.35. The molecule has 0 aromatic carbocycles. The van der Waals surface area contributed by atoms with E-state index >= 15 is 0 Å². The predicted octanol–water partition coefficient (Wildman–Crippen LogP) is 0.760. The molecule has 1 atom stereocenters. The fourth-order valence-electron chi connectivity index (χ4n) is 1.22. The Morgan fingerprint density at radius 2 is 2.28 bits per heavy atom. The van der Waals surface area contributed by atoms with Gasteiger partial charge in [0.15, 0.2) is 5.13 Å². The quantitative estimate of drug-likeness (QED) is 0.711. The highest BCUT2D eigenvalue weighted by Crippen LogP contribution is 2.10. The molecule has 100 valence electrons. The third kappa shape index (κ3) is 4.70. The molecule has 0 saturated carbocycles. The first-order valence-electron chi connectivity index (χ1n) is 5.81. The number of aromatic nitrogens is 1. The fraction of sp³-hybridized carbons (Fsp3) is 0.545. The van der Waals surface area contributed by atoms with Crippen LogP contribution in [0, 0.1) is 0 Å². The molecule has 0 saturated heterocycles. The molecule has 7 heteroatoms. The van der Waals surface area contributed by atoms with Gasteiger partial charge >= 0.3 is 0 Å². The molecular weight excluding hydrogens is 252 g/mol. The van der Waals surface area contributed by atoms with E-state index in [2.05, 4.69) is 15.6 Å². The number of hydrogen-bond acceptors (Lipinski definition) is 5. The minimum absolute atomic E-state index is 0.0672. The Bertz CT molecular complexity index is 419. The summed E-state index contributed by atoms with van der Waals surface area (Å²) < 4.78 is 0. The van der Waals surface area contributed by atoms with E-state index in [1.54, 1.807) is 5.38 Å². The first-order valence-corrected chi connectivity index (χ1v) is 6.69. The van der Waals surface area contributed by atoms with Crippen LogP contribution in [0.15, 0.2) is 5.38 Å². The van der Waals surface area contributed by atoms with Crippen LogP contribution in [-0.2, 0) is 4.79 Å². The molecule has 1 aromatic rings. The highest BCUT2D eigenvalue weighted by molar-refractivity contribution is 7.13. The number of carbonyl (C=O) groups is 2. The van der Waals surface area contributed by atoms with E-state index in [1.807, 2.05) is 13.8 Å². The average Bonchev–Trinajstić information content (AvgIpc) is 2.75. The number of hydrogen-bond donors (Lipinski definition) is 3. The fourth-order valence-corrected chi connectivity index (χ4v) is 1.76. The third-order valence-electron chi connectivity index (χ3n) is 2.41. The summed E-state index contributed by atoms with van der Waals surface area (Å²) in [6, 6.07) is 0.159. The van der Waals surface area contributed by atoms with Gasteiger partial charge in [0.2, 0.25) is 5.91 Å². The number of carbonyl (C=O) groups excluding carboxylic acids is 2. The van der Waals surface area contributed by atoms with E-state index in [-0.39, 0.29) is 24.3 Å². The summed E-state index contributed by atoms with van der Waals surface area (Å²) in [6.07, 6.45) is 1.14. The van der Waals surface area contributed by atoms with Crippen LogP contribution in [-0.4, -0.2) is 29.4 Å². The normalized spacial score (nSPS) is 11.9. The van der Waals surface area contributed by atoms with Gasteiger partial charge in [0.1, 0.15) is 5.69 Å². The molecule has 0 radical (unpaired) electrons. The molecule has 6 nitrogen and oxygen atoms in total. The number of anilines is 1. The highest BCUT2D eigenvalue weighted by atomic mass is 32.1. The van der Waals surface area contributed by atoms with Crippen molar-refractivity contribution in [2.24, 2.45) is 0 Å². The van der Waals surface area contributed by atoms with Crippen LogP contribution in [0.5, 0.6) is 0 Å². The third-order valence-corrected chi connectivity index (χ3v) is 3.09. The van der Waals surface area contributed by atoms with Crippen LogP contribution >= 0.6 is 11.3 Å². The molecule has 0 fully saturated rings. The van der Waals surface area contributed by atoms with Crippen molar-refractivity contribution in [2.45, 2.75) is 32.7 Å². The zero-order chi connectivity index (χ0) is 13.5. The zero-order valence-corrected chi connectivity index (χ0v) is 11.3. The molecule has 18 heavy (non-hydrogen) atoms. The summed E-state index contributed by atoms with van der Waals surface area (Å²) in [4.78, 5) is 26.9. The van der Waals surface area contributed by atoms with E-state index in [4.69, 9.17) is 5.73 Å². The van der Waals surface area contributed by atoms with Crippen LogP contribution in [0.1, 0.15) is 37.2 Å². The smallest absolute Gasteiger partial charge is 0.270 e. The molecule has 1 unspecified atom stereocenters. The molecule has 2 amide bonds. The number of nitrogens with two attached hydrogens (primary N) is 1. The first kappa shape index (κ1) is 14.4. The van der Waals surface area contributed by atoms with Crippen LogP contribution in [0.25, 0.3) is 0 Å². The maximum Gasteiger partial charge on any atom is 0.270 e. The van der Waals surface area contributed by atoms with Crippen molar-refractivity contribution in [2.75, 3.05) is 12.3 Å². The molecule has 0 bridgehead atoms. The summed E-state index contributed by atoms with van der Waals surface area (Å²) >= 11 is 1.21. The van der Waals surface area contributed by atoms with Crippen molar-refractivity contribution in [3.8, 4) is 0 Å². The Morgan fingerprint density at radius 3 is 2.83 bits per heavy atom. The lowest BCUT2D eigenvalue weighted by Gasteiger charge is -2.11. The van der Waals surface area contributed by atoms with Gasteiger partial charge in [0, 0.05) is 24.4 Å². The molecule has 4 N–H and O–H groups in total. The Labute approximate surface area is 110 Å². The Balaban J connectivity index is 2.25. The number of amides is 2. The molecule has 1 aromatic heterocycles. The topological polar surface area (TPSA) is 97.1 Å². The number of nitrogens with one attached hydrogen (secondary N) is 2. The van der Waals surface area contributed by atoms with Gasteiger partial charge in [-0.05, 0) is 13.3 Å². The largest absolute Gasteiger partial charge is 0.375 e. The van der Waals surface area contributed by atoms with Crippen LogP contribution in [0.3, 0.4) is 0 Å². The molecule has 0 aliphatic carbocycles. The van der Waals surface area contributed by atoms with Crippen molar-refractivity contribution >= 4 is 28.3 Å². The number of nitrogens with zero attached hydrogens (tertiary/aromatic N) is 1. The molecule has 1 heterocycles. The standard InChI is InChI=1S/C11H18N4O2S/c1-3-7(2)14-9(16)4-5-13-10(17)8-6-18-11(12)15-8/h6-7H,3-5H2,1-2H3,(H2,12,15)(H,13,17)(H,14,16). The van der Waals surface area contributed by atoms with Crippen molar-refractivity contribution in [3.05, 3.63) is 11.1 Å². The minimum Gasteiger partial charge on any atom is -0.375 e. The summed E-state index contributed by atoms with van der Waals surface area (Å²) in [7, 11) is 0. The summed E-state index contributed by atoms with van der Waals surface area (Å²) in [5.41, 5.74) is 5.72. The SMILES string of the molecule is CCC(C)NC(=O)CCNC(=O)c1csc(N)n1. The van der Waals surface area contributed by atoms with Gasteiger partial charge in [0.05, 0.1) is 0 Å². The summed E-state index contributed by atoms with van der Waals surface area (Å²) in [6.45, 7) is 4.23. The molecule has 0 spiro atoms. The molecule has 0 aliphatic heterocycles. The van der Waals surface area contributed by atoms with Crippen LogP contribution in [0.2, 0.25) is 0 Å². The van der Waals surface area contributed by atoms with E-state index in [1.165, 1.54) is 11.3 Å². The predicted molar refractivity (Wildman–Crippen MR) is 71.4 cm³/mol. The second kappa shape index (κ2) is 6.95. The number of nitrogen functional groups attached to an aromatic ring is 1. The van der Waals surface area contributed by atoms with Crippen molar-refractivity contribution in [1.82, 2.24) is 15.6 Å². The van der Waals surface area contributed by atoms with Gasteiger partial charge < -0.3 is 16.4 Å². The van der Waals surface area contributed by atoms with Gasteiger partial charge in [-0.3, -0.25) is 9.59 Å². The van der Waals surface area contributed by atoms with Gasteiger partial charge in [-0.15, -0.1) is 11.3 Å². The lowest BCUT2D eigenvalue weighted by molar-refractivity contribution is -0.121. The van der Waals surface area contributed by atoms with E-state index in [0.717, 1.165) is 6.42 Å². The molecule has 1 rings (SSSR count). The van der Waals surface area contributed by atoms with Crippen molar-refractivity contribution in [3.63, 3.8) is 0 Å². The summed E-state index contributed by atoms with van der Waals surface area (Å²) in [5, 5.41) is 7.39. The monoisotopic (exact) mass is 270 g/mol. The Hall–Kier alpha value is -1.63. The number of rotatable bonds is 6. The van der Waals surface area contributed by atoms with Gasteiger partial charge in [-0.25, -0.2) is 4.98 Å². The minimum atomic E-state index is -0.306.